The molecule has 0 saturated carbocycles. The third-order valence-electron chi connectivity index (χ3n) is 5.26. The predicted octanol–water partition coefficient (Wildman–Crippen LogP) is 2.21. The lowest BCUT2D eigenvalue weighted by Gasteiger charge is -2.30. The maximum atomic E-state index is 12.5. The first-order valence-electron chi connectivity index (χ1n) is 9.17. The van der Waals surface area contributed by atoms with E-state index in [1.807, 2.05) is 13.0 Å². The van der Waals surface area contributed by atoms with Crippen LogP contribution in [-0.4, -0.2) is 33.8 Å². The number of nitrogens with zero attached hydrogens (tertiary/aromatic N) is 2. The molecule has 1 amide bonds. The van der Waals surface area contributed by atoms with Crippen LogP contribution < -0.4 is 11.0 Å². The summed E-state index contributed by atoms with van der Waals surface area (Å²) in [7, 11) is 0. The van der Waals surface area contributed by atoms with Gasteiger partial charge in [-0.3, -0.25) is 9.36 Å². The number of fused-ring (bicyclic) bond motifs is 2. The average molecular weight is 356 g/mol. The molecule has 1 aromatic carbocycles. The van der Waals surface area contributed by atoms with Crippen LogP contribution in [0, 0.1) is 5.92 Å². The second-order valence-corrected chi connectivity index (χ2v) is 6.64. The number of aromatic nitrogens is 2. The molecule has 1 aromatic heterocycles. The summed E-state index contributed by atoms with van der Waals surface area (Å²) in [6.07, 6.45) is 0.137. The van der Waals surface area contributed by atoms with E-state index in [9.17, 15) is 9.59 Å². The molecule has 0 radical (unpaired) electrons. The summed E-state index contributed by atoms with van der Waals surface area (Å²) in [6.45, 7) is 4.11. The molecule has 0 aliphatic carbocycles. The number of ether oxygens (including phenoxy) is 2. The molecule has 7 nitrogen and oxygen atoms in total. The molecule has 4 rings (SSSR count). The molecule has 2 saturated heterocycles. The number of hydrogen-bond donors (Lipinski definition) is 1. The summed E-state index contributed by atoms with van der Waals surface area (Å²) in [5.74, 6) is -0.166. The minimum Gasteiger partial charge on any atom is -0.370 e. The van der Waals surface area contributed by atoms with Gasteiger partial charge < -0.3 is 14.8 Å². The van der Waals surface area contributed by atoms with Crippen molar-refractivity contribution in [2.24, 2.45) is 5.92 Å². The van der Waals surface area contributed by atoms with E-state index >= 15 is 0 Å². The Labute approximate surface area is 152 Å². The number of anilines is 1. The summed E-state index contributed by atoms with van der Waals surface area (Å²) >= 11 is 0. The largest absolute Gasteiger partial charge is 0.370 e. The van der Waals surface area contributed by atoms with Crippen LogP contribution in [0.4, 0.5) is 5.82 Å². The Morgan fingerprint density at radius 3 is 2.85 bits per heavy atom. The highest BCUT2D eigenvalue weighted by molar-refractivity contribution is 6.03. The highest BCUT2D eigenvalue weighted by atomic mass is 16.6. The van der Waals surface area contributed by atoms with Gasteiger partial charge in [-0.25, -0.2) is 4.79 Å². The van der Waals surface area contributed by atoms with Gasteiger partial charge >= 0.3 is 5.69 Å². The Morgan fingerprint density at radius 2 is 2.19 bits per heavy atom. The van der Waals surface area contributed by atoms with Gasteiger partial charge in [-0.2, -0.15) is 4.98 Å². The van der Waals surface area contributed by atoms with E-state index in [1.165, 1.54) is 4.57 Å². The van der Waals surface area contributed by atoms with Crippen LogP contribution in [0.15, 0.2) is 47.4 Å². The average Bonchev–Trinajstić information content (AvgIpc) is 3.14. The maximum absolute atomic E-state index is 12.5. The molecule has 2 fully saturated rings. The Kier molecular flexibility index (Phi) is 3.83. The fraction of sp³-hybridized carbons (Fsp3) is 0.421. The Hall–Kier alpha value is -2.51. The van der Waals surface area contributed by atoms with Gasteiger partial charge in [0.15, 0.2) is 6.23 Å². The SMILES string of the molecule is [2H]C(C)[C@@]12CO[C@@H]([C@H](n3ccc(NC(=O)c4ccccc4)nc3=O)O1)[C@@H]2C. The van der Waals surface area contributed by atoms with Gasteiger partial charge in [0.2, 0.25) is 0 Å². The molecule has 5 atom stereocenters. The molecule has 7 heteroatoms. The number of carbonyl (C=O) groups is 1. The topological polar surface area (TPSA) is 82.5 Å². The van der Waals surface area contributed by atoms with Gasteiger partial charge in [-0.1, -0.05) is 32.0 Å². The van der Waals surface area contributed by atoms with Crippen molar-refractivity contribution in [2.75, 3.05) is 11.9 Å². The Balaban J connectivity index is 1.55. The predicted molar refractivity (Wildman–Crippen MR) is 94.9 cm³/mol. The summed E-state index contributed by atoms with van der Waals surface area (Å²) in [6, 6.07) is 10.3. The van der Waals surface area contributed by atoms with Gasteiger partial charge in [0.25, 0.3) is 5.91 Å². The van der Waals surface area contributed by atoms with E-state index in [-0.39, 0.29) is 23.7 Å². The molecule has 3 heterocycles. The van der Waals surface area contributed by atoms with E-state index in [2.05, 4.69) is 10.3 Å². The van der Waals surface area contributed by atoms with Crippen LogP contribution in [0.25, 0.3) is 0 Å². The van der Waals surface area contributed by atoms with Crippen molar-refractivity contribution < 1.29 is 15.6 Å². The zero-order chi connectivity index (χ0) is 19.2. The molecule has 1 N–H and O–H groups in total. The van der Waals surface area contributed by atoms with Crippen LogP contribution in [0.3, 0.4) is 0 Å². The molecular formula is C19H21N3O4. The van der Waals surface area contributed by atoms with Crippen molar-refractivity contribution in [1.82, 2.24) is 9.55 Å². The first-order chi connectivity index (χ1) is 12.9. The minimum atomic E-state index is -0.713. The summed E-state index contributed by atoms with van der Waals surface area (Å²) in [5.41, 5.74) is -0.773. The molecule has 26 heavy (non-hydrogen) atoms. The van der Waals surface area contributed by atoms with E-state index in [0.29, 0.717) is 12.2 Å². The van der Waals surface area contributed by atoms with E-state index in [1.54, 1.807) is 43.5 Å². The van der Waals surface area contributed by atoms with Crippen molar-refractivity contribution in [1.29, 1.82) is 0 Å². The highest BCUT2D eigenvalue weighted by Crippen LogP contribution is 2.50. The zero-order valence-corrected chi connectivity index (χ0v) is 14.6. The molecule has 2 aliphatic rings. The molecule has 136 valence electrons. The summed E-state index contributed by atoms with van der Waals surface area (Å²) in [5, 5.41) is 2.62. The fourth-order valence-corrected chi connectivity index (χ4v) is 3.63. The Bertz CT molecular complexity index is 917. The van der Waals surface area contributed by atoms with E-state index < -0.39 is 23.9 Å². The normalized spacial score (nSPS) is 31.5. The lowest BCUT2D eigenvalue weighted by Crippen LogP contribution is -2.39. The number of hydrogen-bond acceptors (Lipinski definition) is 5. The Morgan fingerprint density at radius 1 is 1.42 bits per heavy atom. The van der Waals surface area contributed by atoms with Crippen molar-refractivity contribution in [3.63, 3.8) is 0 Å². The second kappa shape index (κ2) is 6.34. The van der Waals surface area contributed by atoms with E-state index in [4.69, 9.17) is 10.8 Å². The zero-order valence-electron chi connectivity index (χ0n) is 15.6. The van der Waals surface area contributed by atoms with Crippen LogP contribution >= 0.6 is 0 Å². The third kappa shape index (κ3) is 2.64. The van der Waals surface area contributed by atoms with Crippen molar-refractivity contribution in [2.45, 2.75) is 38.2 Å². The van der Waals surface area contributed by atoms with Gasteiger partial charge in [-0.15, -0.1) is 0 Å². The summed E-state index contributed by atoms with van der Waals surface area (Å²) < 4.78 is 21.4. The van der Waals surface area contributed by atoms with Crippen molar-refractivity contribution in [3.05, 3.63) is 58.6 Å². The third-order valence-corrected chi connectivity index (χ3v) is 5.26. The monoisotopic (exact) mass is 356 g/mol. The van der Waals surface area contributed by atoms with E-state index in [0.717, 1.165) is 0 Å². The van der Waals surface area contributed by atoms with Crippen molar-refractivity contribution >= 4 is 11.7 Å². The smallest absolute Gasteiger partial charge is 0.351 e. The quantitative estimate of drug-likeness (QED) is 0.908. The molecule has 0 spiro atoms. The molecule has 2 bridgehead atoms. The number of rotatable bonds is 4. The lowest BCUT2D eigenvalue weighted by atomic mass is 9.88. The molecular weight excluding hydrogens is 334 g/mol. The highest BCUT2D eigenvalue weighted by Gasteiger charge is 2.58. The van der Waals surface area contributed by atoms with Crippen LogP contribution in [0.5, 0.6) is 0 Å². The molecule has 2 aliphatic heterocycles. The minimum absolute atomic E-state index is 0.000593. The number of amides is 1. The van der Waals surface area contributed by atoms with Gasteiger partial charge in [-0.05, 0) is 24.6 Å². The van der Waals surface area contributed by atoms with Crippen molar-refractivity contribution in [3.8, 4) is 0 Å². The number of nitrogens with one attached hydrogen (secondary N) is 1. The van der Waals surface area contributed by atoms with Gasteiger partial charge in [0.05, 0.1) is 12.2 Å². The first kappa shape index (κ1) is 15.7. The fourth-order valence-electron chi connectivity index (χ4n) is 3.63. The summed E-state index contributed by atoms with van der Waals surface area (Å²) in [4.78, 5) is 28.7. The standard InChI is InChI=1S/C19H21N3O4/c1-3-19-11-25-15(12(19)2)17(26-19)22-10-9-14(21-18(22)24)20-16(23)13-7-5-4-6-8-13/h4-10,12,15,17H,3,11H2,1-2H3,(H,20,21,23,24)/t12-,15+,17+,19-/m0/s1/i3D/t3?,12-,15+,17+,19-. The number of benzene rings is 1. The van der Waals surface area contributed by atoms with Crippen LogP contribution in [-0.2, 0) is 9.47 Å². The van der Waals surface area contributed by atoms with Gasteiger partial charge in [0.1, 0.15) is 11.9 Å². The maximum Gasteiger partial charge on any atom is 0.351 e. The first-order valence-corrected chi connectivity index (χ1v) is 8.59. The molecule has 1 unspecified atom stereocenters. The second-order valence-electron chi connectivity index (χ2n) is 6.64. The number of carbonyl (C=O) groups excluding carboxylic acids is 1. The molecule has 2 aromatic rings. The van der Waals surface area contributed by atoms with Crippen LogP contribution in [0.1, 0.15) is 38.2 Å². The van der Waals surface area contributed by atoms with Gasteiger partial charge in [0, 0.05) is 19.0 Å². The lowest BCUT2D eigenvalue weighted by molar-refractivity contribution is -0.174. The van der Waals surface area contributed by atoms with Crippen LogP contribution in [0.2, 0.25) is 0 Å².